The second-order valence-electron chi connectivity index (χ2n) is 1.24. The van der Waals surface area contributed by atoms with Crippen LogP contribution in [0.25, 0.3) is 0 Å². The molecule has 0 fully saturated rings. The molecule has 1 aromatic rings. The lowest BCUT2D eigenvalue weighted by molar-refractivity contribution is 1.03. The molecule has 0 aliphatic heterocycles. The molecule has 0 spiro atoms. The SMILES string of the molecule is S=c1nccc([S-])[nH]1. The van der Waals surface area contributed by atoms with Crippen molar-refractivity contribution < 1.29 is 0 Å². The van der Waals surface area contributed by atoms with Crippen LogP contribution < -0.4 is 0 Å². The summed E-state index contributed by atoms with van der Waals surface area (Å²) >= 11 is 9.40. The summed E-state index contributed by atoms with van der Waals surface area (Å²) in [4.78, 5) is 6.42. The Hall–Kier alpha value is -0.480. The van der Waals surface area contributed by atoms with Gasteiger partial charge in [0.15, 0.2) is 4.77 Å². The molecule has 0 aliphatic carbocycles. The maximum Gasteiger partial charge on any atom is 0.195 e. The molecule has 2 nitrogen and oxygen atoms in total. The molecule has 1 heterocycles. The molecule has 1 rings (SSSR count). The predicted molar refractivity (Wildman–Crippen MR) is 35.1 cm³/mol. The number of aromatic nitrogens is 2. The van der Waals surface area contributed by atoms with E-state index < -0.39 is 0 Å². The Morgan fingerprint density at radius 1 is 1.75 bits per heavy atom. The summed E-state index contributed by atoms with van der Waals surface area (Å²) in [5, 5.41) is 0.630. The molecule has 8 heavy (non-hydrogen) atoms. The maximum atomic E-state index is 4.74. The Morgan fingerprint density at radius 3 is 2.88 bits per heavy atom. The Balaban J connectivity index is 3.28. The van der Waals surface area contributed by atoms with Crippen molar-refractivity contribution in [1.82, 2.24) is 9.97 Å². The molecule has 0 bridgehead atoms. The van der Waals surface area contributed by atoms with Crippen LogP contribution in [-0.2, 0) is 12.6 Å². The summed E-state index contributed by atoms with van der Waals surface area (Å²) < 4.78 is 0.442. The third-order valence-corrected chi connectivity index (χ3v) is 1.09. The second kappa shape index (κ2) is 2.19. The van der Waals surface area contributed by atoms with E-state index >= 15 is 0 Å². The van der Waals surface area contributed by atoms with E-state index in [9.17, 15) is 0 Å². The van der Waals surface area contributed by atoms with Crippen LogP contribution in [-0.4, -0.2) is 9.97 Å². The van der Waals surface area contributed by atoms with E-state index in [2.05, 4.69) is 22.2 Å². The first-order valence-electron chi connectivity index (χ1n) is 2.01. The van der Waals surface area contributed by atoms with Crippen molar-refractivity contribution in [2.45, 2.75) is 5.03 Å². The van der Waals surface area contributed by atoms with E-state index in [0.717, 1.165) is 0 Å². The fraction of sp³-hybridized carbons (Fsp3) is 0. The zero-order chi connectivity index (χ0) is 5.98. The Morgan fingerprint density at radius 2 is 2.50 bits per heavy atom. The van der Waals surface area contributed by atoms with Gasteiger partial charge in [-0.15, -0.1) is 5.03 Å². The van der Waals surface area contributed by atoms with Crippen molar-refractivity contribution in [3.05, 3.63) is 17.0 Å². The molecule has 0 amide bonds. The molecular weight excluding hydrogens is 140 g/mol. The van der Waals surface area contributed by atoms with Crippen molar-refractivity contribution in [2.75, 3.05) is 0 Å². The first-order chi connectivity index (χ1) is 3.79. The van der Waals surface area contributed by atoms with Gasteiger partial charge in [0.05, 0.1) is 0 Å². The van der Waals surface area contributed by atoms with Crippen molar-refractivity contribution in [3.8, 4) is 0 Å². The minimum atomic E-state index is 0.442. The molecule has 0 saturated heterocycles. The molecule has 0 saturated carbocycles. The van der Waals surface area contributed by atoms with E-state index in [1.54, 1.807) is 12.3 Å². The summed E-state index contributed by atoms with van der Waals surface area (Å²) in [6.07, 6.45) is 1.58. The standard InChI is InChI=1S/C4H4N2S2/c7-3-1-2-5-4(8)6-3/h1-2H,(H2,5,6,7,8)/p-1. The van der Waals surface area contributed by atoms with Crippen LogP contribution in [0.3, 0.4) is 0 Å². The highest BCUT2D eigenvalue weighted by atomic mass is 32.1. The van der Waals surface area contributed by atoms with Gasteiger partial charge in [0.2, 0.25) is 0 Å². The van der Waals surface area contributed by atoms with Gasteiger partial charge in [-0.25, -0.2) is 4.98 Å². The molecule has 1 aromatic heterocycles. The summed E-state index contributed by atoms with van der Waals surface area (Å²) in [5.74, 6) is 0. The topological polar surface area (TPSA) is 28.7 Å². The number of nitrogens with one attached hydrogen (secondary N) is 1. The van der Waals surface area contributed by atoms with Gasteiger partial charge >= 0.3 is 0 Å². The van der Waals surface area contributed by atoms with Crippen LogP contribution in [0.1, 0.15) is 0 Å². The smallest absolute Gasteiger partial charge is 0.195 e. The number of rotatable bonds is 0. The van der Waals surface area contributed by atoms with Gasteiger partial charge in [-0.2, -0.15) is 0 Å². The van der Waals surface area contributed by atoms with Crippen LogP contribution in [0.4, 0.5) is 0 Å². The van der Waals surface area contributed by atoms with E-state index in [4.69, 9.17) is 12.6 Å². The van der Waals surface area contributed by atoms with Gasteiger partial charge in [0.1, 0.15) is 0 Å². The number of hydrogen-bond donors (Lipinski definition) is 1. The maximum absolute atomic E-state index is 4.74. The first kappa shape index (κ1) is 5.65. The molecule has 0 aromatic carbocycles. The van der Waals surface area contributed by atoms with Crippen molar-refractivity contribution >= 4 is 24.8 Å². The molecule has 0 atom stereocenters. The van der Waals surface area contributed by atoms with Crippen molar-refractivity contribution in [3.63, 3.8) is 0 Å². The normalized spacial score (nSPS) is 9.00. The Labute approximate surface area is 57.4 Å². The summed E-state index contributed by atoms with van der Waals surface area (Å²) in [6, 6.07) is 1.69. The summed E-state index contributed by atoms with van der Waals surface area (Å²) in [5.41, 5.74) is 0. The first-order valence-corrected chi connectivity index (χ1v) is 2.83. The molecule has 0 unspecified atom stereocenters. The van der Waals surface area contributed by atoms with E-state index in [1.807, 2.05) is 0 Å². The van der Waals surface area contributed by atoms with Crippen molar-refractivity contribution in [1.29, 1.82) is 0 Å². The lowest BCUT2D eigenvalue weighted by Gasteiger charge is -2.00. The number of H-pyrrole nitrogens is 1. The van der Waals surface area contributed by atoms with Gasteiger partial charge in [-0.05, 0) is 18.3 Å². The van der Waals surface area contributed by atoms with Gasteiger partial charge in [0, 0.05) is 6.20 Å². The third-order valence-electron chi connectivity index (χ3n) is 0.648. The lowest BCUT2D eigenvalue weighted by atomic mass is 10.7. The molecule has 0 radical (unpaired) electrons. The van der Waals surface area contributed by atoms with Crippen LogP contribution in [0, 0.1) is 4.77 Å². The average Bonchev–Trinajstić information content (AvgIpc) is 1.64. The van der Waals surface area contributed by atoms with E-state index in [1.165, 1.54) is 0 Å². The highest BCUT2D eigenvalue weighted by Crippen LogP contribution is 1.86. The summed E-state index contributed by atoms with van der Waals surface area (Å²) in [7, 11) is 0. The zero-order valence-electron chi connectivity index (χ0n) is 3.92. The van der Waals surface area contributed by atoms with E-state index in [-0.39, 0.29) is 0 Å². The monoisotopic (exact) mass is 143 g/mol. The predicted octanol–water partition coefficient (Wildman–Crippen LogP) is 1.04. The van der Waals surface area contributed by atoms with Gasteiger partial charge in [0.25, 0.3) is 0 Å². The Kier molecular flexibility index (Phi) is 1.55. The quantitative estimate of drug-likeness (QED) is 0.334. The second-order valence-corrected chi connectivity index (χ2v) is 2.07. The van der Waals surface area contributed by atoms with Crippen LogP contribution >= 0.6 is 12.2 Å². The fourth-order valence-corrected chi connectivity index (χ4v) is 0.745. The number of nitrogens with zero attached hydrogens (tertiary/aromatic N) is 1. The van der Waals surface area contributed by atoms with E-state index in [0.29, 0.717) is 9.80 Å². The zero-order valence-corrected chi connectivity index (χ0v) is 5.55. The highest BCUT2D eigenvalue weighted by molar-refractivity contribution is 7.71. The lowest BCUT2D eigenvalue weighted by Crippen LogP contribution is -1.80. The summed E-state index contributed by atoms with van der Waals surface area (Å²) in [6.45, 7) is 0. The van der Waals surface area contributed by atoms with Gasteiger partial charge in [-0.1, -0.05) is 0 Å². The third kappa shape index (κ3) is 1.24. The van der Waals surface area contributed by atoms with Crippen LogP contribution in [0.5, 0.6) is 0 Å². The van der Waals surface area contributed by atoms with Crippen LogP contribution in [0.15, 0.2) is 17.3 Å². The van der Waals surface area contributed by atoms with Gasteiger partial charge in [-0.3, -0.25) is 0 Å². The number of hydrogen-bond acceptors (Lipinski definition) is 3. The fourth-order valence-electron chi connectivity index (χ4n) is 0.352. The van der Waals surface area contributed by atoms with Gasteiger partial charge < -0.3 is 17.6 Å². The largest absolute Gasteiger partial charge is 0.762 e. The minimum Gasteiger partial charge on any atom is -0.762 e. The highest BCUT2D eigenvalue weighted by Gasteiger charge is 1.70. The molecule has 42 valence electrons. The minimum absolute atomic E-state index is 0.442. The molecule has 1 N–H and O–H groups in total. The van der Waals surface area contributed by atoms with Crippen LogP contribution in [0.2, 0.25) is 0 Å². The molecular formula is C4H3N2S2-. The average molecular weight is 143 g/mol. The molecule has 0 aliphatic rings. The number of aromatic amines is 1. The Bertz CT molecular complexity index is 229. The van der Waals surface area contributed by atoms with Crippen molar-refractivity contribution in [2.24, 2.45) is 0 Å². The molecule has 4 heteroatoms.